The average Bonchev–Trinajstić information content (AvgIpc) is 3.24. The molecule has 7 heteroatoms. The van der Waals surface area contributed by atoms with E-state index in [9.17, 15) is 0 Å². The molecule has 1 unspecified atom stereocenters. The molecular weight excluding hydrogens is 326 g/mol. The van der Waals surface area contributed by atoms with Crippen molar-refractivity contribution in [3.05, 3.63) is 11.6 Å². The van der Waals surface area contributed by atoms with Crippen molar-refractivity contribution in [2.45, 2.75) is 37.1 Å². The summed E-state index contributed by atoms with van der Waals surface area (Å²) in [5.41, 5.74) is 0. The Balaban J connectivity index is 1.67. The smallest absolute Gasteiger partial charge is 0.193 e. The summed E-state index contributed by atoms with van der Waals surface area (Å²) < 4.78 is 1.16. The predicted molar refractivity (Wildman–Crippen MR) is 102 cm³/mol. The van der Waals surface area contributed by atoms with Crippen molar-refractivity contribution < 1.29 is 0 Å². The van der Waals surface area contributed by atoms with Gasteiger partial charge in [-0.15, -0.1) is 11.3 Å². The quantitative estimate of drug-likeness (QED) is 0.336. The second-order valence-electron chi connectivity index (χ2n) is 5.58. The van der Waals surface area contributed by atoms with E-state index in [1.807, 2.05) is 30.4 Å². The molecule has 0 spiro atoms. The van der Waals surface area contributed by atoms with Crippen molar-refractivity contribution in [3.63, 3.8) is 0 Å². The minimum atomic E-state index is 0.670. The van der Waals surface area contributed by atoms with Gasteiger partial charge in [0, 0.05) is 50.1 Å². The van der Waals surface area contributed by atoms with Crippen molar-refractivity contribution in [2.24, 2.45) is 4.99 Å². The topological polar surface area (TPSA) is 43.8 Å². The van der Waals surface area contributed by atoms with Gasteiger partial charge in [-0.3, -0.25) is 9.89 Å². The van der Waals surface area contributed by atoms with E-state index in [-0.39, 0.29) is 0 Å². The zero-order chi connectivity index (χ0) is 16.5. The van der Waals surface area contributed by atoms with E-state index in [0.717, 1.165) is 55.2 Å². The van der Waals surface area contributed by atoms with Gasteiger partial charge in [0.2, 0.25) is 0 Å². The van der Waals surface area contributed by atoms with Crippen molar-refractivity contribution in [2.75, 3.05) is 45.5 Å². The van der Waals surface area contributed by atoms with Crippen LogP contribution in [0.4, 0.5) is 0 Å². The second kappa shape index (κ2) is 10.2. The first-order valence-corrected chi connectivity index (χ1v) is 10.4. The minimum Gasteiger partial charge on any atom is -0.356 e. The Morgan fingerprint density at radius 3 is 3.00 bits per heavy atom. The Morgan fingerprint density at radius 1 is 1.52 bits per heavy atom. The van der Waals surface area contributed by atoms with Gasteiger partial charge in [-0.1, -0.05) is 25.6 Å². The van der Waals surface area contributed by atoms with Gasteiger partial charge in [0.15, 0.2) is 5.96 Å². The fraction of sp³-hybridized carbons (Fsp3) is 0.750. The molecule has 1 aliphatic rings. The fourth-order valence-corrected chi connectivity index (χ4v) is 4.67. The number of aliphatic imine (C=N–C) groups is 1. The third kappa shape index (κ3) is 5.65. The van der Waals surface area contributed by atoms with E-state index in [2.05, 4.69) is 38.9 Å². The summed E-state index contributed by atoms with van der Waals surface area (Å²) in [6.07, 6.45) is 4.23. The molecule has 2 heterocycles. The van der Waals surface area contributed by atoms with Crippen LogP contribution >= 0.6 is 23.1 Å². The Labute approximate surface area is 148 Å². The molecule has 0 aliphatic carbocycles. The third-order valence-corrected chi connectivity index (χ3v) is 6.30. The van der Waals surface area contributed by atoms with Gasteiger partial charge in [0.05, 0.1) is 0 Å². The lowest BCUT2D eigenvalue weighted by Gasteiger charge is -2.27. The summed E-state index contributed by atoms with van der Waals surface area (Å²) in [5, 5.41) is 5.54. The minimum absolute atomic E-state index is 0.670. The third-order valence-electron chi connectivity index (χ3n) is 4.24. The predicted octanol–water partition coefficient (Wildman–Crippen LogP) is 2.62. The lowest BCUT2D eigenvalue weighted by Crippen LogP contribution is -2.43. The number of likely N-dealkylation sites (N-methyl/N-ethyl adjacent to an activating group) is 1. The number of aromatic nitrogens is 1. The molecular formula is C16H29N5S2. The summed E-state index contributed by atoms with van der Waals surface area (Å²) in [4.78, 5) is 13.7. The van der Waals surface area contributed by atoms with Crippen molar-refractivity contribution in [3.8, 4) is 0 Å². The average molecular weight is 356 g/mol. The van der Waals surface area contributed by atoms with E-state index in [0.29, 0.717) is 6.04 Å². The van der Waals surface area contributed by atoms with Crippen LogP contribution < -0.4 is 5.32 Å². The number of guanidine groups is 1. The maximum Gasteiger partial charge on any atom is 0.193 e. The molecule has 1 aromatic rings. The summed E-state index contributed by atoms with van der Waals surface area (Å²) in [7, 11) is 1.89. The molecule has 1 aromatic heterocycles. The normalized spacial score (nSPS) is 18.9. The molecule has 1 atom stereocenters. The van der Waals surface area contributed by atoms with Crippen LogP contribution in [0.25, 0.3) is 0 Å². The van der Waals surface area contributed by atoms with Crippen molar-refractivity contribution in [1.29, 1.82) is 0 Å². The number of hydrogen-bond acceptors (Lipinski definition) is 5. The Morgan fingerprint density at radius 2 is 2.35 bits per heavy atom. The fourth-order valence-electron chi connectivity index (χ4n) is 3.02. The molecule has 23 heavy (non-hydrogen) atoms. The van der Waals surface area contributed by atoms with Crippen LogP contribution in [-0.2, 0) is 0 Å². The highest BCUT2D eigenvalue weighted by Crippen LogP contribution is 2.20. The molecule has 0 saturated carbocycles. The molecule has 2 rings (SSSR count). The summed E-state index contributed by atoms with van der Waals surface area (Å²) in [6.45, 7) is 9.93. The Kier molecular flexibility index (Phi) is 8.19. The maximum absolute atomic E-state index is 4.46. The molecule has 1 aliphatic heterocycles. The first kappa shape index (κ1) is 18.5. The van der Waals surface area contributed by atoms with E-state index in [4.69, 9.17) is 0 Å². The second-order valence-corrected chi connectivity index (χ2v) is 7.82. The lowest BCUT2D eigenvalue weighted by molar-refractivity contribution is 0.223. The number of likely N-dealkylation sites (tertiary alicyclic amines) is 1. The molecule has 0 amide bonds. The molecule has 0 bridgehead atoms. The standard InChI is InChI=1S/C16H29N5S2/c1-4-20(5-2)14-7-10-21(13-14)15(17-3)18-8-6-11-22-16-19-9-12-23-16/h9,12,14H,4-8,10-11,13H2,1-3H3,(H,17,18). The number of thioether (sulfide) groups is 1. The van der Waals surface area contributed by atoms with Gasteiger partial charge in [-0.2, -0.15) is 0 Å². The number of rotatable bonds is 8. The van der Waals surface area contributed by atoms with E-state index >= 15 is 0 Å². The molecule has 0 aromatic carbocycles. The zero-order valence-corrected chi connectivity index (χ0v) is 16.1. The van der Waals surface area contributed by atoms with Crippen LogP contribution in [0.2, 0.25) is 0 Å². The number of thiazole rings is 1. The molecule has 0 radical (unpaired) electrons. The summed E-state index contributed by atoms with van der Waals surface area (Å²) in [5.74, 6) is 2.15. The zero-order valence-electron chi connectivity index (χ0n) is 14.5. The van der Waals surface area contributed by atoms with Crippen molar-refractivity contribution >= 4 is 29.1 Å². The molecule has 1 fully saturated rings. The Bertz CT molecular complexity index is 459. The summed E-state index contributed by atoms with van der Waals surface area (Å²) >= 11 is 3.55. The van der Waals surface area contributed by atoms with Crippen LogP contribution in [0.3, 0.4) is 0 Å². The first-order valence-electron chi connectivity index (χ1n) is 8.50. The highest BCUT2D eigenvalue weighted by atomic mass is 32.2. The number of hydrogen-bond donors (Lipinski definition) is 1. The summed E-state index contributed by atoms with van der Waals surface area (Å²) in [6, 6.07) is 0.670. The number of nitrogens with zero attached hydrogens (tertiary/aromatic N) is 4. The van der Waals surface area contributed by atoms with Crippen LogP contribution in [-0.4, -0.2) is 72.3 Å². The monoisotopic (exact) mass is 355 g/mol. The van der Waals surface area contributed by atoms with E-state index in [1.165, 1.54) is 6.42 Å². The van der Waals surface area contributed by atoms with Gasteiger partial charge in [-0.05, 0) is 25.9 Å². The molecule has 130 valence electrons. The van der Waals surface area contributed by atoms with Gasteiger partial charge >= 0.3 is 0 Å². The van der Waals surface area contributed by atoms with Crippen LogP contribution in [0.5, 0.6) is 0 Å². The SMILES string of the molecule is CCN(CC)C1CCN(C(=NC)NCCCSc2nccs2)C1. The number of nitrogens with one attached hydrogen (secondary N) is 1. The van der Waals surface area contributed by atoms with Gasteiger partial charge in [0.1, 0.15) is 4.34 Å². The molecule has 5 nitrogen and oxygen atoms in total. The van der Waals surface area contributed by atoms with E-state index < -0.39 is 0 Å². The van der Waals surface area contributed by atoms with Crippen LogP contribution in [0, 0.1) is 0 Å². The maximum atomic E-state index is 4.46. The first-order chi connectivity index (χ1) is 11.3. The largest absolute Gasteiger partial charge is 0.356 e. The van der Waals surface area contributed by atoms with Gasteiger partial charge < -0.3 is 10.2 Å². The van der Waals surface area contributed by atoms with Gasteiger partial charge in [0.25, 0.3) is 0 Å². The van der Waals surface area contributed by atoms with E-state index in [1.54, 1.807) is 11.3 Å². The van der Waals surface area contributed by atoms with Crippen LogP contribution in [0.15, 0.2) is 20.9 Å². The highest BCUT2D eigenvalue weighted by Gasteiger charge is 2.27. The molecule has 1 N–H and O–H groups in total. The molecule has 1 saturated heterocycles. The van der Waals surface area contributed by atoms with Gasteiger partial charge in [-0.25, -0.2) is 4.98 Å². The Hall–Kier alpha value is -0.790. The van der Waals surface area contributed by atoms with Crippen molar-refractivity contribution in [1.82, 2.24) is 20.1 Å². The lowest BCUT2D eigenvalue weighted by atomic mass is 10.2. The highest BCUT2D eigenvalue weighted by molar-refractivity contribution is 8.00. The van der Waals surface area contributed by atoms with Crippen LogP contribution in [0.1, 0.15) is 26.7 Å².